The number of aromatic nitrogens is 2. The minimum Gasteiger partial charge on any atom is -0.450 e. The van der Waals surface area contributed by atoms with Gasteiger partial charge in [-0.1, -0.05) is 35.9 Å². The van der Waals surface area contributed by atoms with Crippen LogP contribution >= 0.6 is 22.9 Å². The Balaban J connectivity index is 1.42. The first-order valence-corrected chi connectivity index (χ1v) is 16.2. The van der Waals surface area contributed by atoms with Gasteiger partial charge in [0, 0.05) is 30.3 Å². The van der Waals surface area contributed by atoms with Gasteiger partial charge in [-0.15, -0.1) is 11.3 Å². The Hall–Kier alpha value is -3.67. The number of amides is 2. The lowest BCUT2D eigenvalue weighted by atomic mass is 10.1. The number of likely N-dealkylation sites (tertiary alicyclic amines) is 1. The summed E-state index contributed by atoms with van der Waals surface area (Å²) in [5.74, 6) is -0.315. The fourth-order valence-corrected chi connectivity index (χ4v) is 6.55. The van der Waals surface area contributed by atoms with Gasteiger partial charge < -0.3 is 15.0 Å². The van der Waals surface area contributed by atoms with Crippen LogP contribution in [-0.2, 0) is 14.6 Å². The molecular weight excluding hydrogens is 584 g/mol. The maximum Gasteiger partial charge on any atom is 0.409 e. The van der Waals surface area contributed by atoms with E-state index in [1.165, 1.54) is 17.6 Å². The monoisotopic (exact) mass is 612 g/mol. The van der Waals surface area contributed by atoms with Gasteiger partial charge in [0.2, 0.25) is 0 Å². The van der Waals surface area contributed by atoms with Crippen molar-refractivity contribution in [3.05, 3.63) is 77.4 Å². The molecule has 1 fully saturated rings. The number of carbonyl (C=O) groups excluding carboxylic acids is 2. The number of rotatable bonds is 7. The molecule has 2 aromatic carbocycles. The van der Waals surface area contributed by atoms with Crippen LogP contribution in [0, 0.1) is 0 Å². The van der Waals surface area contributed by atoms with Gasteiger partial charge in [-0.3, -0.25) is 4.79 Å². The molecule has 12 heteroatoms. The van der Waals surface area contributed by atoms with E-state index in [1.54, 1.807) is 46.8 Å². The van der Waals surface area contributed by atoms with Crippen LogP contribution in [0.15, 0.2) is 71.6 Å². The first-order valence-electron chi connectivity index (χ1n) is 13.1. The largest absolute Gasteiger partial charge is 0.450 e. The van der Waals surface area contributed by atoms with E-state index >= 15 is 0 Å². The van der Waals surface area contributed by atoms with Crippen LogP contribution < -0.4 is 5.32 Å². The summed E-state index contributed by atoms with van der Waals surface area (Å²) < 4.78 is 30.9. The minimum absolute atomic E-state index is 0.0995. The summed E-state index contributed by atoms with van der Waals surface area (Å²) in [5.41, 5.74) is 2.32. The molecule has 41 heavy (non-hydrogen) atoms. The summed E-state index contributed by atoms with van der Waals surface area (Å²) in [5, 5.41) is 8.18. The van der Waals surface area contributed by atoms with Crippen molar-refractivity contribution in [1.29, 1.82) is 0 Å². The number of para-hydroxylation sites is 1. The Labute approximate surface area is 247 Å². The maximum absolute atomic E-state index is 13.3. The van der Waals surface area contributed by atoms with E-state index < -0.39 is 9.84 Å². The molecule has 5 rings (SSSR count). The molecule has 214 valence electrons. The first-order chi connectivity index (χ1) is 19.6. The summed E-state index contributed by atoms with van der Waals surface area (Å²) in [7, 11) is -3.35. The molecule has 0 bridgehead atoms. The minimum atomic E-state index is -3.35. The van der Waals surface area contributed by atoms with E-state index in [2.05, 4.69) is 10.4 Å². The molecule has 1 aliphatic heterocycles. The molecule has 0 spiro atoms. The number of ether oxygens (including phenoxy) is 1. The van der Waals surface area contributed by atoms with Crippen molar-refractivity contribution in [3.63, 3.8) is 0 Å². The van der Waals surface area contributed by atoms with Crippen molar-refractivity contribution < 1.29 is 22.7 Å². The Morgan fingerprint density at radius 1 is 1.05 bits per heavy atom. The first kappa shape index (κ1) is 28.8. The predicted molar refractivity (Wildman–Crippen MR) is 160 cm³/mol. The van der Waals surface area contributed by atoms with E-state index in [1.807, 2.05) is 36.4 Å². The molecule has 1 aliphatic rings. The zero-order chi connectivity index (χ0) is 29.1. The Morgan fingerprint density at radius 2 is 1.78 bits per heavy atom. The lowest BCUT2D eigenvalue weighted by Crippen LogP contribution is -2.46. The van der Waals surface area contributed by atoms with Crippen LogP contribution in [0.3, 0.4) is 0 Å². The second-order valence-corrected chi connectivity index (χ2v) is 13.2. The van der Waals surface area contributed by atoms with Gasteiger partial charge in [0.1, 0.15) is 0 Å². The number of piperidine rings is 1. The van der Waals surface area contributed by atoms with Gasteiger partial charge in [-0.25, -0.2) is 17.9 Å². The molecule has 1 saturated heterocycles. The Kier molecular flexibility index (Phi) is 8.48. The number of halogens is 1. The van der Waals surface area contributed by atoms with E-state index in [-0.39, 0.29) is 28.6 Å². The average Bonchev–Trinajstić information content (AvgIpc) is 3.62. The van der Waals surface area contributed by atoms with Crippen LogP contribution in [-0.4, -0.2) is 67.1 Å². The van der Waals surface area contributed by atoms with Gasteiger partial charge in [-0.2, -0.15) is 5.10 Å². The molecule has 0 atom stereocenters. The van der Waals surface area contributed by atoms with Crippen molar-refractivity contribution in [2.45, 2.75) is 30.7 Å². The fraction of sp³-hybridized carbons (Fsp3) is 0.276. The van der Waals surface area contributed by atoms with Crippen LogP contribution in [0.1, 0.15) is 30.3 Å². The quantitative estimate of drug-likeness (QED) is 0.288. The lowest BCUT2D eigenvalue weighted by molar-refractivity contribution is 0.0856. The number of nitrogens with one attached hydrogen (secondary N) is 1. The van der Waals surface area contributed by atoms with E-state index in [0.29, 0.717) is 48.9 Å². The smallest absolute Gasteiger partial charge is 0.409 e. The van der Waals surface area contributed by atoms with Crippen molar-refractivity contribution in [1.82, 2.24) is 20.0 Å². The van der Waals surface area contributed by atoms with Crippen molar-refractivity contribution >= 4 is 44.8 Å². The van der Waals surface area contributed by atoms with Crippen molar-refractivity contribution in [3.8, 4) is 26.7 Å². The second kappa shape index (κ2) is 12.1. The summed E-state index contributed by atoms with van der Waals surface area (Å²) in [6.07, 6.45) is 2.08. The Bertz CT molecular complexity index is 1690. The third kappa shape index (κ3) is 6.47. The molecule has 2 amide bonds. The van der Waals surface area contributed by atoms with Gasteiger partial charge in [0.25, 0.3) is 5.91 Å². The molecule has 2 aromatic heterocycles. The molecule has 3 heterocycles. The van der Waals surface area contributed by atoms with E-state index in [9.17, 15) is 18.0 Å². The van der Waals surface area contributed by atoms with Crippen molar-refractivity contribution in [2.75, 3.05) is 26.0 Å². The van der Waals surface area contributed by atoms with Crippen molar-refractivity contribution in [2.24, 2.45) is 0 Å². The van der Waals surface area contributed by atoms with Gasteiger partial charge in [0.15, 0.2) is 15.5 Å². The standard InChI is InChI=1S/C29H29ClN4O5S2/c1-3-39-29(36)33-15-13-20(14-16-33)31-28(35)23-18-25(34(32-23)24-10-5-4-9-22(24)30)27-12-11-26(40-27)19-7-6-8-21(17-19)41(2,37)38/h4-12,17-18,20H,3,13-16H2,1-2H3,(H,31,35). The highest BCUT2D eigenvalue weighted by atomic mass is 35.5. The molecule has 1 N–H and O–H groups in total. The number of benzene rings is 2. The third-order valence-electron chi connectivity index (χ3n) is 6.78. The summed E-state index contributed by atoms with van der Waals surface area (Å²) >= 11 is 7.99. The highest BCUT2D eigenvalue weighted by Gasteiger charge is 2.26. The van der Waals surface area contributed by atoms with E-state index in [4.69, 9.17) is 16.3 Å². The number of hydrogen-bond acceptors (Lipinski definition) is 7. The molecule has 0 radical (unpaired) electrons. The number of nitrogens with zero attached hydrogens (tertiary/aromatic N) is 3. The fourth-order valence-electron chi connectivity index (χ4n) is 4.67. The summed E-state index contributed by atoms with van der Waals surface area (Å²) in [6, 6.07) is 19.5. The molecule has 9 nitrogen and oxygen atoms in total. The zero-order valence-electron chi connectivity index (χ0n) is 22.5. The summed E-state index contributed by atoms with van der Waals surface area (Å²) in [4.78, 5) is 28.9. The topological polar surface area (TPSA) is 111 Å². The zero-order valence-corrected chi connectivity index (χ0v) is 24.9. The molecular formula is C29H29ClN4O5S2. The van der Waals surface area contributed by atoms with Gasteiger partial charge >= 0.3 is 6.09 Å². The molecule has 0 saturated carbocycles. The van der Waals surface area contributed by atoms with Crippen LogP contribution in [0.25, 0.3) is 26.7 Å². The number of hydrogen-bond donors (Lipinski definition) is 1. The van der Waals surface area contributed by atoms with E-state index in [0.717, 1.165) is 15.3 Å². The molecule has 0 aliphatic carbocycles. The predicted octanol–water partition coefficient (Wildman–Crippen LogP) is 5.68. The van der Waals surface area contributed by atoms with Gasteiger partial charge in [-0.05, 0) is 67.8 Å². The number of sulfone groups is 1. The second-order valence-electron chi connectivity index (χ2n) is 9.68. The average molecular weight is 613 g/mol. The summed E-state index contributed by atoms with van der Waals surface area (Å²) in [6.45, 7) is 3.10. The molecule has 4 aromatic rings. The van der Waals surface area contributed by atoms with Gasteiger partial charge in [0.05, 0.1) is 32.8 Å². The number of carbonyl (C=O) groups is 2. The number of thiophene rings is 1. The SMILES string of the molecule is CCOC(=O)N1CCC(NC(=O)c2cc(-c3ccc(-c4cccc(S(C)(=O)=O)c4)s3)n(-c3ccccc3Cl)n2)CC1. The normalized spacial score (nSPS) is 14.2. The van der Waals surface area contributed by atoms with Crippen LogP contribution in [0.5, 0.6) is 0 Å². The van der Waals surface area contributed by atoms with Crippen LogP contribution in [0.4, 0.5) is 4.79 Å². The Morgan fingerprint density at radius 3 is 2.49 bits per heavy atom. The highest BCUT2D eigenvalue weighted by Crippen LogP contribution is 2.37. The third-order valence-corrected chi connectivity index (χ3v) is 9.37. The maximum atomic E-state index is 13.3. The highest BCUT2D eigenvalue weighted by molar-refractivity contribution is 7.90. The van der Waals surface area contributed by atoms with Crippen LogP contribution in [0.2, 0.25) is 5.02 Å². The lowest BCUT2D eigenvalue weighted by Gasteiger charge is -2.31. The molecule has 0 unspecified atom stereocenters.